The number of alkyl halides is 3. The second-order valence-electron chi connectivity index (χ2n) is 7.16. The predicted molar refractivity (Wildman–Crippen MR) is 90.4 cm³/mol. The Labute approximate surface area is 154 Å². The van der Waals surface area contributed by atoms with E-state index in [0.717, 1.165) is 62.3 Å². The van der Waals surface area contributed by atoms with Gasteiger partial charge in [0.25, 0.3) is 0 Å². The summed E-state index contributed by atoms with van der Waals surface area (Å²) in [5, 5.41) is 11.9. The van der Waals surface area contributed by atoms with Gasteiger partial charge in [-0.2, -0.15) is 13.2 Å². The molecule has 1 N–H and O–H groups in total. The SMILES string of the molecule is Fc1ccc(C(F)(F)F)cc1CN1CCC(c2nnc3n2CCNC3)CC1. The Hall–Kier alpha value is -2.00. The van der Waals surface area contributed by atoms with E-state index in [4.69, 9.17) is 0 Å². The third-order valence-corrected chi connectivity index (χ3v) is 5.37. The van der Waals surface area contributed by atoms with Crippen molar-refractivity contribution in [2.75, 3.05) is 19.6 Å². The summed E-state index contributed by atoms with van der Waals surface area (Å²) in [7, 11) is 0. The van der Waals surface area contributed by atoms with Crippen LogP contribution in [0, 0.1) is 5.82 Å². The molecule has 2 aromatic rings. The highest BCUT2D eigenvalue weighted by Crippen LogP contribution is 2.32. The lowest BCUT2D eigenvalue weighted by molar-refractivity contribution is -0.137. The number of fused-ring (bicyclic) bond motifs is 1. The molecule has 0 atom stereocenters. The molecule has 27 heavy (non-hydrogen) atoms. The molecule has 0 amide bonds. The van der Waals surface area contributed by atoms with Crippen LogP contribution in [-0.4, -0.2) is 39.3 Å². The number of hydrogen-bond acceptors (Lipinski definition) is 4. The van der Waals surface area contributed by atoms with E-state index in [9.17, 15) is 17.6 Å². The van der Waals surface area contributed by atoms with Crippen LogP contribution >= 0.6 is 0 Å². The summed E-state index contributed by atoms with van der Waals surface area (Å²) < 4.78 is 54.8. The Bertz CT molecular complexity index is 809. The van der Waals surface area contributed by atoms with Crippen LogP contribution in [0.3, 0.4) is 0 Å². The van der Waals surface area contributed by atoms with Gasteiger partial charge in [-0.3, -0.25) is 4.90 Å². The molecule has 0 aliphatic carbocycles. The standard InChI is InChI=1S/C18H21F4N5/c19-15-2-1-14(18(20,21)22)9-13(15)11-26-6-3-12(4-7-26)17-25-24-16-10-23-5-8-27(16)17/h1-2,9,12,23H,3-8,10-11H2. The average Bonchev–Trinajstić information content (AvgIpc) is 3.07. The zero-order valence-electron chi connectivity index (χ0n) is 14.8. The Morgan fingerprint density at radius 3 is 2.63 bits per heavy atom. The molecule has 0 bridgehead atoms. The van der Waals surface area contributed by atoms with E-state index in [0.29, 0.717) is 13.1 Å². The number of benzene rings is 1. The van der Waals surface area contributed by atoms with Crippen molar-refractivity contribution >= 4 is 0 Å². The number of aromatic nitrogens is 3. The Morgan fingerprint density at radius 1 is 1.11 bits per heavy atom. The van der Waals surface area contributed by atoms with Gasteiger partial charge in [0.2, 0.25) is 0 Å². The lowest BCUT2D eigenvalue weighted by atomic mass is 9.95. The molecule has 0 radical (unpaired) electrons. The Morgan fingerprint density at radius 2 is 1.89 bits per heavy atom. The van der Waals surface area contributed by atoms with Gasteiger partial charge in [0.1, 0.15) is 17.5 Å². The van der Waals surface area contributed by atoms with Crippen LogP contribution in [-0.2, 0) is 25.8 Å². The highest BCUT2D eigenvalue weighted by atomic mass is 19.4. The van der Waals surface area contributed by atoms with Crippen LogP contribution in [0.1, 0.15) is 41.5 Å². The van der Waals surface area contributed by atoms with Gasteiger partial charge < -0.3 is 9.88 Å². The first-order valence-corrected chi connectivity index (χ1v) is 9.12. The average molecular weight is 383 g/mol. The molecule has 0 saturated carbocycles. The van der Waals surface area contributed by atoms with E-state index in [-0.39, 0.29) is 18.0 Å². The summed E-state index contributed by atoms with van der Waals surface area (Å²) in [6.45, 7) is 4.05. The quantitative estimate of drug-likeness (QED) is 0.828. The molecule has 3 heterocycles. The number of hydrogen-bond donors (Lipinski definition) is 1. The van der Waals surface area contributed by atoms with Gasteiger partial charge in [-0.1, -0.05) is 0 Å². The van der Waals surface area contributed by atoms with Crippen molar-refractivity contribution in [3.8, 4) is 0 Å². The zero-order valence-corrected chi connectivity index (χ0v) is 14.8. The minimum Gasteiger partial charge on any atom is -0.312 e. The zero-order chi connectivity index (χ0) is 19.0. The van der Waals surface area contributed by atoms with Gasteiger partial charge in [0.05, 0.1) is 12.1 Å². The van der Waals surface area contributed by atoms with Gasteiger partial charge in [0, 0.05) is 31.1 Å². The molecule has 2 aliphatic rings. The summed E-state index contributed by atoms with van der Waals surface area (Å²) in [5.41, 5.74) is -0.716. The van der Waals surface area contributed by atoms with Crippen molar-refractivity contribution in [2.45, 2.75) is 44.6 Å². The molecule has 1 aromatic carbocycles. The van der Waals surface area contributed by atoms with Crippen LogP contribution in [0.4, 0.5) is 17.6 Å². The maximum atomic E-state index is 14.0. The largest absolute Gasteiger partial charge is 0.416 e. The Kier molecular flexibility index (Phi) is 4.90. The van der Waals surface area contributed by atoms with Crippen LogP contribution in [0.5, 0.6) is 0 Å². The summed E-state index contributed by atoms with van der Waals surface area (Å²) in [4.78, 5) is 2.00. The molecular formula is C18H21F4N5. The number of rotatable bonds is 3. The maximum absolute atomic E-state index is 14.0. The van der Waals surface area contributed by atoms with E-state index in [1.54, 1.807) is 0 Å². The number of likely N-dealkylation sites (tertiary alicyclic amines) is 1. The van der Waals surface area contributed by atoms with Gasteiger partial charge in [-0.05, 0) is 44.1 Å². The molecule has 5 nitrogen and oxygen atoms in total. The number of halogens is 4. The van der Waals surface area contributed by atoms with Gasteiger partial charge in [-0.15, -0.1) is 10.2 Å². The smallest absolute Gasteiger partial charge is 0.312 e. The van der Waals surface area contributed by atoms with E-state index < -0.39 is 17.6 Å². The van der Waals surface area contributed by atoms with Crippen molar-refractivity contribution < 1.29 is 17.6 Å². The second kappa shape index (κ2) is 7.20. The third kappa shape index (κ3) is 3.84. The minimum absolute atomic E-state index is 0.0919. The maximum Gasteiger partial charge on any atom is 0.416 e. The molecule has 1 aromatic heterocycles. The molecule has 146 valence electrons. The van der Waals surface area contributed by atoms with Gasteiger partial charge >= 0.3 is 6.18 Å². The minimum atomic E-state index is -4.46. The highest BCUT2D eigenvalue weighted by molar-refractivity contribution is 5.27. The highest BCUT2D eigenvalue weighted by Gasteiger charge is 2.32. The molecule has 4 rings (SSSR count). The number of nitrogens with one attached hydrogen (secondary N) is 1. The van der Waals surface area contributed by atoms with Crippen LogP contribution in [0.25, 0.3) is 0 Å². The second-order valence-corrected chi connectivity index (χ2v) is 7.16. The van der Waals surface area contributed by atoms with Crippen LogP contribution in [0.15, 0.2) is 18.2 Å². The fraction of sp³-hybridized carbons (Fsp3) is 0.556. The monoisotopic (exact) mass is 383 g/mol. The fourth-order valence-electron chi connectivity index (χ4n) is 3.88. The first kappa shape index (κ1) is 18.4. The summed E-state index contributed by atoms with van der Waals surface area (Å²) in [6.07, 6.45) is -2.78. The number of nitrogens with zero attached hydrogens (tertiary/aromatic N) is 4. The lowest BCUT2D eigenvalue weighted by Gasteiger charge is -2.32. The lowest BCUT2D eigenvalue weighted by Crippen LogP contribution is -2.35. The van der Waals surface area contributed by atoms with Crippen molar-refractivity contribution in [3.63, 3.8) is 0 Å². The summed E-state index contributed by atoms with van der Waals surface area (Å²) >= 11 is 0. The summed E-state index contributed by atoms with van der Waals surface area (Å²) in [5.74, 6) is 1.64. The molecular weight excluding hydrogens is 362 g/mol. The third-order valence-electron chi connectivity index (χ3n) is 5.37. The van der Waals surface area contributed by atoms with Gasteiger partial charge in [-0.25, -0.2) is 4.39 Å². The molecule has 1 saturated heterocycles. The molecule has 1 fully saturated rings. The van der Waals surface area contributed by atoms with Crippen molar-refractivity contribution in [1.82, 2.24) is 25.0 Å². The predicted octanol–water partition coefficient (Wildman–Crippen LogP) is 2.92. The van der Waals surface area contributed by atoms with E-state index in [2.05, 4.69) is 20.1 Å². The van der Waals surface area contributed by atoms with Crippen molar-refractivity contribution in [1.29, 1.82) is 0 Å². The normalized spacial score (nSPS) is 19.3. The van der Waals surface area contributed by atoms with Crippen molar-refractivity contribution in [2.24, 2.45) is 0 Å². The van der Waals surface area contributed by atoms with Crippen molar-refractivity contribution in [3.05, 3.63) is 46.8 Å². The first-order chi connectivity index (χ1) is 12.9. The molecule has 0 spiro atoms. The van der Waals surface area contributed by atoms with E-state index >= 15 is 0 Å². The fourth-order valence-corrected chi connectivity index (χ4v) is 3.88. The first-order valence-electron chi connectivity index (χ1n) is 9.12. The van der Waals surface area contributed by atoms with Gasteiger partial charge in [0.15, 0.2) is 0 Å². The molecule has 2 aliphatic heterocycles. The van der Waals surface area contributed by atoms with Crippen LogP contribution in [0.2, 0.25) is 0 Å². The Balaban J connectivity index is 1.41. The van der Waals surface area contributed by atoms with E-state index in [1.807, 2.05) is 4.90 Å². The molecule has 0 unspecified atom stereocenters. The topological polar surface area (TPSA) is 46.0 Å². The van der Waals surface area contributed by atoms with E-state index in [1.165, 1.54) is 0 Å². The summed E-state index contributed by atoms with van der Waals surface area (Å²) in [6, 6.07) is 2.61. The van der Waals surface area contributed by atoms with Crippen LogP contribution < -0.4 is 5.32 Å². The number of piperidine rings is 1. The molecule has 9 heteroatoms.